The quantitative estimate of drug-likeness (QED) is 0.862. The SMILES string of the molecule is Cc1cc(S(=O)(=O)Nc2ccc(C(=O)O)nc2)ccc1Br. The van der Waals surface area contributed by atoms with Crippen LogP contribution in [-0.4, -0.2) is 24.5 Å². The zero-order chi connectivity index (χ0) is 15.6. The molecule has 0 bridgehead atoms. The first kappa shape index (κ1) is 15.5. The predicted molar refractivity (Wildman–Crippen MR) is 80.9 cm³/mol. The lowest BCUT2D eigenvalue weighted by atomic mass is 10.2. The van der Waals surface area contributed by atoms with Gasteiger partial charge in [0, 0.05) is 4.47 Å². The molecule has 2 rings (SSSR count). The molecule has 0 aliphatic carbocycles. The Morgan fingerprint density at radius 2 is 2.00 bits per heavy atom. The Morgan fingerprint density at radius 1 is 1.29 bits per heavy atom. The Bertz CT molecular complexity index is 788. The number of pyridine rings is 1. The molecule has 8 heteroatoms. The number of halogens is 1. The van der Waals surface area contributed by atoms with Crippen LogP contribution in [0.25, 0.3) is 0 Å². The second-order valence-electron chi connectivity index (χ2n) is 4.25. The fourth-order valence-electron chi connectivity index (χ4n) is 1.58. The van der Waals surface area contributed by atoms with Crippen molar-refractivity contribution < 1.29 is 18.3 Å². The molecule has 0 amide bonds. The molecular formula is C13H11BrN2O4S. The molecule has 21 heavy (non-hydrogen) atoms. The van der Waals surface area contributed by atoms with E-state index in [4.69, 9.17) is 5.11 Å². The van der Waals surface area contributed by atoms with E-state index >= 15 is 0 Å². The van der Waals surface area contributed by atoms with E-state index < -0.39 is 16.0 Å². The predicted octanol–water partition coefficient (Wildman–Crippen LogP) is 2.65. The van der Waals surface area contributed by atoms with E-state index in [1.165, 1.54) is 24.3 Å². The van der Waals surface area contributed by atoms with Gasteiger partial charge in [-0.15, -0.1) is 0 Å². The zero-order valence-electron chi connectivity index (χ0n) is 10.9. The summed E-state index contributed by atoms with van der Waals surface area (Å²) in [7, 11) is -3.74. The average Bonchev–Trinajstić information content (AvgIpc) is 2.42. The van der Waals surface area contributed by atoms with Crippen molar-refractivity contribution in [2.24, 2.45) is 0 Å². The number of hydrogen-bond donors (Lipinski definition) is 2. The Balaban J connectivity index is 2.28. The first-order chi connectivity index (χ1) is 9.79. The molecular weight excluding hydrogens is 360 g/mol. The molecule has 0 spiro atoms. The van der Waals surface area contributed by atoms with Gasteiger partial charge >= 0.3 is 5.97 Å². The summed E-state index contributed by atoms with van der Waals surface area (Å²) in [5, 5.41) is 8.74. The van der Waals surface area contributed by atoms with Crippen molar-refractivity contribution in [2.45, 2.75) is 11.8 Å². The number of rotatable bonds is 4. The maximum Gasteiger partial charge on any atom is 0.354 e. The van der Waals surface area contributed by atoms with Gasteiger partial charge in [0.05, 0.1) is 16.8 Å². The molecule has 6 nitrogen and oxygen atoms in total. The summed E-state index contributed by atoms with van der Waals surface area (Å²) in [6, 6.07) is 7.23. The van der Waals surface area contributed by atoms with Gasteiger partial charge in [-0.1, -0.05) is 15.9 Å². The van der Waals surface area contributed by atoms with Gasteiger partial charge in [-0.05, 0) is 42.8 Å². The molecule has 0 atom stereocenters. The average molecular weight is 371 g/mol. The van der Waals surface area contributed by atoms with Crippen molar-refractivity contribution in [3.8, 4) is 0 Å². The highest BCUT2D eigenvalue weighted by molar-refractivity contribution is 9.10. The van der Waals surface area contributed by atoms with Crippen LogP contribution in [0, 0.1) is 6.92 Å². The number of carboxylic acid groups (broad SMARTS) is 1. The van der Waals surface area contributed by atoms with Crippen LogP contribution < -0.4 is 4.72 Å². The molecule has 1 aromatic heterocycles. The van der Waals surface area contributed by atoms with Gasteiger partial charge in [-0.3, -0.25) is 4.72 Å². The molecule has 0 fully saturated rings. The van der Waals surface area contributed by atoms with Crippen LogP contribution >= 0.6 is 15.9 Å². The maximum atomic E-state index is 12.2. The van der Waals surface area contributed by atoms with Crippen molar-refractivity contribution in [1.82, 2.24) is 4.98 Å². The normalized spacial score (nSPS) is 11.1. The highest BCUT2D eigenvalue weighted by Crippen LogP contribution is 2.21. The highest BCUT2D eigenvalue weighted by Gasteiger charge is 2.15. The number of nitrogens with zero attached hydrogens (tertiary/aromatic N) is 1. The number of anilines is 1. The smallest absolute Gasteiger partial charge is 0.354 e. The highest BCUT2D eigenvalue weighted by atomic mass is 79.9. The Kier molecular flexibility index (Phi) is 4.29. The standard InChI is InChI=1S/C13H11BrN2O4S/c1-8-6-10(3-4-11(8)14)21(19,20)16-9-2-5-12(13(17)18)15-7-9/h2-7,16H,1H3,(H,17,18). The summed E-state index contributed by atoms with van der Waals surface area (Å²) in [5.74, 6) is -1.17. The third-order valence-electron chi connectivity index (χ3n) is 2.67. The second-order valence-corrected chi connectivity index (χ2v) is 6.79. The third kappa shape index (κ3) is 3.59. The fourth-order valence-corrected chi connectivity index (χ4v) is 2.95. The van der Waals surface area contributed by atoms with E-state index in [1.54, 1.807) is 13.0 Å². The molecule has 1 heterocycles. The maximum absolute atomic E-state index is 12.2. The van der Waals surface area contributed by atoms with E-state index in [0.717, 1.165) is 16.2 Å². The molecule has 0 radical (unpaired) electrons. The number of aromatic nitrogens is 1. The summed E-state index contributed by atoms with van der Waals surface area (Å²) in [5.41, 5.74) is 0.829. The lowest BCUT2D eigenvalue weighted by molar-refractivity contribution is 0.0690. The summed E-state index contributed by atoms with van der Waals surface area (Å²) >= 11 is 3.30. The van der Waals surface area contributed by atoms with Crippen LogP contribution in [0.5, 0.6) is 0 Å². The van der Waals surface area contributed by atoms with Crippen LogP contribution in [0.4, 0.5) is 5.69 Å². The van der Waals surface area contributed by atoms with Gasteiger partial charge in [0.1, 0.15) is 5.69 Å². The van der Waals surface area contributed by atoms with Crippen LogP contribution in [-0.2, 0) is 10.0 Å². The molecule has 2 N–H and O–H groups in total. The monoisotopic (exact) mass is 370 g/mol. The van der Waals surface area contributed by atoms with Crippen molar-refractivity contribution in [1.29, 1.82) is 0 Å². The van der Waals surface area contributed by atoms with Gasteiger partial charge in [-0.2, -0.15) is 0 Å². The second kappa shape index (κ2) is 5.82. The molecule has 0 aliphatic rings. The van der Waals surface area contributed by atoms with Gasteiger partial charge in [-0.25, -0.2) is 18.2 Å². The number of sulfonamides is 1. The van der Waals surface area contributed by atoms with Crippen LogP contribution in [0.15, 0.2) is 45.9 Å². The molecule has 0 unspecified atom stereocenters. The minimum absolute atomic E-state index is 0.116. The number of hydrogen-bond acceptors (Lipinski definition) is 4. The number of carboxylic acids is 1. The minimum Gasteiger partial charge on any atom is -0.477 e. The number of aromatic carboxylic acids is 1. The van der Waals surface area contributed by atoms with E-state index in [0.29, 0.717) is 0 Å². The van der Waals surface area contributed by atoms with Gasteiger partial charge in [0.15, 0.2) is 0 Å². The summed E-state index contributed by atoms with van der Waals surface area (Å²) < 4.78 is 27.6. The molecule has 2 aromatic rings. The summed E-state index contributed by atoms with van der Waals surface area (Å²) in [4.78, 5) is 14.5. The van der Waals surface area contributed by atoms with Crippen molar-refractivity contribution in [2.75, 3.05) is 4.72 Å². The third-order valence-corrected chi connectivity index (χ3v) is 4.94. The first-order valence-corrected chi connectivity index (χ1v) is 8.05. The number of aryl methyl sites for hydroxylation is 1. The van der Waals surface area contributed by atoms with Crippen molar-refractivity contribution >= 4 is 37.6 Å². The Hall–Kier alpha value is -1.93. The zero-order valence-corrected chi connectivity index (χ0v) is 13.3. The molecule has 0 saturated carbocycles. The van der Waals surface area contributed by atoms with Crippen molar-refractivity contribution in [3.63, 3.8) is 0 Å². The van der Waals surface area contributed by atoms with Gasteiger partial charge < -0.3 is 5.11 Å². The van der Waals surface area contributed by atoms with Crippen LogP contribution in [0.2, 0.25) is 0 Å². The Morgan fingerprint density at radius 3 is 2.52 bits per heavy atom. The summed E-state index contributed by atoms with van der Waals surface area (Å²) in [6.45, 7) is 1.78. The van der Waals surface area contributed by atoms with E-state index in [2.05, 4.69) is 25.6 Å². The van der Waals surface area contributed by atoms with Crippen LogP contribution in [0.1, 0.15) is 16.1 Å². The van der Waals surface area contributed by atoms with E-state index in [-0.39, 0.29) is 16.3 Å². The molecule has 0 saturated heterocycles. The molecule has 110 valence electrons. The Labute approximate surface area is 130 Å². The summed E-state index contributed by atoms with van der Waals surface area (Å²) in [6.07, 6.45) is 1.16. The van der Waals surface area contributed by atoms with Gasteiger partial charge in [0.25, 0.3) is 10.0 Å². The number of nitrogens with one attached hydrogen (secondary N) is 1. The molecule has 1 aromatic carbocycles. The van der Waals surface area contributed by atoms with Gasteiger partial charge in [0.2, 0.25) is 0 Å². The topological polar surface area (TPSA) is 96.4 Å². The van der Waals surface area contributed by atoms with E-state index in [9.17, 15) is 13.2 Å². The van der Waals surface area contributed by atoms with E-state index in [1.807, 2.05) is 0 Å². The number of benzene rings is 1. The number of carbonyl (C=O) groups is 1. The minimum atomic E-state index is -3.74. The van der Waals surface area contributed by atoms with Crippen molar-refractivity contribution in [3.05, 3.63) is 52.3 Å². The fraction of sp³-hybridized carbons (Fsp3) is 0.0769. The molecule has 0 aliphatic heterocycles. The first-order valence-electron chi connectivity index (χ1n) is 5.78. The largest absolute Gasteiger partial charge is 0.477 e. The van der Waals surface area contributed by atoms with Crippen LogP contribution in [0.3, 0.4) is 0 Å². The lowest BCUT2D eigenvalue weighted by Crippen LogP contribution is -2.13. The lowest BCUT2D eigenvalue weighted by Gasteiger charge is -2.09.